The van der Waals surface area contributed by atoms with Gasteiger partial charge in [-0.3, -0.25) is 9.36 Å². The number of aromatic nitrogens is 3. The molecule has 1 aliphatic carbocycles. The highest BCUT2D eigenvalue weighted by molar-refractivity contribution is 8.00. The van der Waals surface area contributed by atoms with Crippen LogP contribution in [0.25, 0.3) is 0 Å². The normalized spacial score (nSPS) is 18.1. The van der Waals surface area contributed by atoms with Crippen LogP contribution >= 0.6 is 11.8 Å². The van der Waals surface area contributed by atoms with E-state index in [1.165, 1.54) is 28.6 Å². The van der Waals surface area contributed by atoms with Crippen LogP contribution in [0.4, 0.5) is 4.39 Å². The third-order valence-electron chi connectivity index (χ3n) is 5.28. The zero-order valence-corrected chi connectivity index (χ0v) is 16.1. The van der Waals surface area contributed by atoms with Crippen molar-refractivity contribution in [3.63, 3.8) is 0 Å². The van der Waals surface area contributed by atoms with Crippen LogP contribution in [0.5, 0.6) is 0 Å². The lowest BCUT2D eigenvalue weighted by Gasteiger charge is -2.31. The molecule has 0 bridgehead atoms. The average Bonchev–Trinajstić information content (AvgIpc) is 3.47. The molecule has 2 fully saturated rings. The lowest BCUT2D eigenvalue weighted by atomic mass is 9.96. The van der Waals surface area contributed by atoms with E-state index in [9.17, 15) is 14.0 Å². The largest absolute Gasteiger partial charge is 0.345 e. The van der Waals surface area contributed by atoms with Crippen molar-refractivity contribution in [1.82, 2.24) is 19.2 Å². The molecule has 1 aromatic heterocycles. The second kappa shape index (κ2) is 7.50. The van der Waals surface area contributed by atoms with Gasteiger partial charge in [-0.25, -0.2) is 13.9 Å². The molecule has 4 rings (SSSR count). The van der Waals surface area contributed by atoms with Crippen molar-refractivity contribution < 1.29 is 9.18 Å². The molecule has 2 heterocycles. The van der Waals surface area contributed by atoms with Crippen LogP contribution in [0.1, 0.15) is 43.5 Å². The fraction of sp³-hybridized carbons (Fsp3) is 0.526. The van der Waals surface area contributed by atoms with E-state index in [-0.39, 0.29) is 23.3 Å². The van der Waals surface area contributed by atoms with Crippen LogP contribution < -0.4 is 5.69 Å². The van der Waals surface area contributed by atoms with Crippen molar-refractivity contribution in [2.24, 2.45) is 7.05 Å². The lowest BCUT2D eigenvalue weighted by Crippen LogP contribution is -2.39. The molecule has 1 saturated carbocycles. The van der Waals surface area contributed by atoms with Gasteiger partial charge in [-0.1, -0.05) is 0 Å². The summed E-state index contributed by atoms with van der Waals surface area (Å²) < 4.78 is 16.3. The summed E-state index contributed by atoms with van der Waals surface area (Å²) in [4.78, 5) is 27.6. The zero-order chi connectivity index (χ0) is 19.0. The second-order valence-corrected chi connectivity index (χ2v) is 8.31. The number of carbonyl (C=O) groups excluding carboxylic acids is 1. The Morgan fingerprint density at radius 1 is 1.19 bits per heavy atom. The molecule has 2 aromatic rings. The number of hydrogen-bond donors (Lipinski definition) is 0. The van der Waals surface area contributed by atoms with Crippen LogP contribution in [0.3, 0.4) is 0 Å². The molecular formula is C19H23FN4O2S. The first-order valence-corrected chi connectivity index (χ1v) is 10.3. The number of thioether (sulfide) groups is 1. The van der Waals surface area contributed by atoms with E-state index in [1.807, 2.05) is 9.47 Å². The Morgan fingerprint density at radius 3 is 2.48 bits per heavy atom. The molecule has 0 radical (unpaired) electrons. The van der Waals surface area contributed by atoms with Crippen LogP contribution in [0.15, 0.2) is 34.0 Å². The average molecular weight is 390 g/mol. The first kappa shape index (κ1) is 18.3. The molecule has 1 amide bonds. The minimum Gasteiger partial charge on any atom is -0.342 e. The highest BCUT2D eigenvalue weighted by Gasteiger charge is 2.34. The van der Waals surface area contributed by atoms with Gasteiger partial charge in [-0.15, -0.1) is 11.8 Å². The number of aryl methyl sites for hydroxylation is 1. The van der Waals surface area contributed by atoms with Crippen molar-refractivity contribution in [2.45, 2.75) is 42.5 Å². The zero-order valence-electron chi connectivity index (χ0n) is 15.3. The molecule has 0 unspecified atom stereocenters. The SMILES string of the molecule is Cn1nc(C2CCN(C(=O)CSc3ccc(F)cc3)CC2)n(C2CC2)c1=O. The van der Waals surface area contributed by atoms with Gasteiger partial charge in [0.05, 0.1) is 5.75 Å². The summed E-state index contributed by atoms with van der Waals surface area (Å²) in [5, 5.41) is 4.48. The van der Waals surface area contributed by atoms with Crippen molar-refractivity contribution in [3.05, 3.63) is 46.4 Å². The maximum absolute atomic E-state index is 12.9. The van der Waals surface area contributed by atoms with E-state index >= 15 is 0 Å². The van der Waals surface area contributed by atoms with Gasteiger partial charge in [0.25, 0.3) is 0 Å². The number of piperidine rings is 1. The maximum atomic E-state index is 12.9. The Kier molecular flexibility index (Phi) is 5.08. The van der Waals surface area contributed by atoms with Crippen LogP contribution in [-0.2, 0) is 11.8 Å². The number of carbonyl (C=O) groups is 1. The standard InChI is InChI=1S/C19H23FN4O2S/c1-22-19(26)24(15-4-5-15)18(21-22)13-8-10-23(11-9-13)17(25)12-27-16-6-2-14(20)3-7-16/h2-3,6-7,13,15H,4-5,8-12H2,1H3. The van der Waals surface area contributed by atoms with Crippen LogP contribution in [-0.4, -0.2) is 44.0 Å². The Hall–Kier alpha value is -2.09. The number of nitrogens with zero attached hydrogens (tertiary/aromatic N) is 4. The van der Waals surface area contributed by atoms with Crippen LogP contribution in [0, 0.1) is 5.82 Å². The van der Waals surface area contributed by atoms with Crippen molar-refractivity contribution in [1.29, 1.82) is 0 Å². The number of benzene rings is 1. The molecule has 2 aliphatic rings. The van der Waals surface area contributed by atoms with Gasteiger partial charge in [0.15, 0.2) is 0 Å². The molecule has 144 valence electrons. The Morgan fingerprint density at radius 2 is 1.85 bits per heavy atom. The molecule has 6 nitrogen and oxygen atoms in total. The van der Waals surface area contributed by atoms with E-state index in [2.05, 4.69) is 5.10 Å². The molecule has 0 N–H and O–H groups in total. The fourth-order valence-electron chi connectivity index (χ4n) is 3.61. The third kappa shape index (κ3) is 3.95. The smallest absolute Gasteiger partial charge is 0.342 e. The maximum Gasteiger partial charge on any atom is 0.345 e. The molecule has 1 aromatic carbocycles. The molecule has 27 heavy (non-hydrogen) atoms. The molecule has 8 heteroatoms. The van der Waals surface area contributed by atoms with Gasteiger partial charge < -0.3 is 4.90 Å². The number of amides is 1. The summed E-state index contributed by atoms with van der Waals surface area (Å²) in [6, 6.07) is 6.51. The Bertz CT molecular complexity index is 880. The monoisotopic (exact) mass is 390 g/mol. The Labute approximate surface area is 161 Å². The molecule has 0 spiro atoms. The van der Waals surface area contributed by atoms with Gasteiger partial charge in [-0.05, 0) is 49.9 Å². The highest BCUT2D eigenvalue weighted by atomic mass is 32.2. The summed E-state index contributed by atoms with van der Waals surface area (Å²) in [7, 11) is 1.70. The topological polar surface area (TPSA) is 60.1 Å². The van der Waals surface area contributed by atoms with Crippen LogP contribution in [0.2, 0.25) is 0 Å². The van der Waals surface area contributed by atoms with E-state index in [0.717, 1.165) is 36.4 Å². The van der Waals surface area contributed by atoms with E-state index in [1.54, 1.807) is 19.2 Å². The van der Waals surface area contributed by atoms with E-state index in [0.29, 0.717) is 24.9 Å². The molecule has 1 aliphatic heterocycles. The minimum absolute atomic E-state index is 0.0262. The summed E-state index contributed by atoms with van der Waals surface area (Å²) in [5.74, 6) is 1.30. The minimum atomic E-state index is -0.271. The van der Waals surface area contributed by atoms with E-state index in [4.69, 9.17) is 0 Å². The van der Waals surface area contributed by atoms with Gasteiger partial charge in [0, 0.05) is 37.0 Å². The summed E-state index contributed by atoms with van der Waals surface area (Å²) in [6.07, 6.45) is 3.76. The predicted molar refractivity (Wildman–Crippen MR) is 101 cm³/mol. The quantitative estimate of drug-likeness (QED) is 0.737. The van der Waals surface area contributed by atoms with Gasteiger partial charge >= 0.3 is 5.69 Å². The fourth-order valence-corrected chi connectivity index (χ4v) is 4.41. The first-order chi connectivity index (χ1) is 13.0. The summed E-state index contributed by atoms with van der Waals surface area (Å²) >= 11 is 1.43. The number of halogens is 1. The molecule has 0 atom stereocenters. The van der Waals surface area contributed by atoms with Gasteiger partial charge in [-0.2, -0.15) is 5.10 Å². The number of hydrogen-bond acceptors (Lipinski definition) is 4. The summed E-state index contributed by atoms with van der Waals surface area (Å²) in [5.41, 5.74) is -0.0262. The Balaban J connectivity index is 1.33. The van der Waals surface area contributed by atoms with E-state index < -0.39 is 0 Å². The number of rotatable bonds is 5. The van der Waals surface area contributed by atoms with Crippen molar-refractivity contribution in [3.8, 4) is 0 Å². The lowest BCUT2D eigenvalue weighted by molar-refractivity contribution is -0.129. The predicted octanol–water partition coefficient (Wildman–Crippen LogP) is 2.55. The first-order valence-electron chi connectivity index (χ1n) is 9.34. The second-order valence-electron chi connectivity index (χ2n) is 7.26. The van der Waals surface area contributed by atoms with Crippen molar-refractivity contribution in [2.75, 3.05) is 18.8 Å². The molecule has 1 saturated heterocycles. The van der Waals surface area contributed by atoms with Crippen molar-refractivity contribution >= 4 is 17.7 Å². The molecular weight excluding hydrogens is 367 g/mol. The summed E-state index contributed by atoms with van der Waals surface area (Å²) in [6.45, 7) is 1.37. The highest BCUT2D eigenvalue weighted by Crippen LogP contribution is 2.37. The van der Waals surface area contributed by atoms with Gasteiger partial charge in [0.2, 0.25) is 5.91 Å². The van der Waals surface area contributed by atoms with Gasteiger partial charge in [0.1, 0.15) is 11.6 Å². The number of likely N-dealkylation sites (tertiary alicyclic amines) is 1. The third-order valence-corrected chi connectivity index (χ3v) is 6.28.